The maximum absolute atomic E-state index is 9.42. The first kappa shape index (κ1) is 15.9. The maximum Gasteiger partial charge on any atom is 0.0606 e. The Morgan fingerprint density at radius 1 is 0.870 bits per heavy atom. The molecule has 0 aromatic heterocycles. The van der Waals surface area contributed by atoms with Crippen molar-refractivity contribution in [1.82, 2.24) is 0 Å². The van der Waals surface area contributed by atoms with E-state index < -0.39 is 0 Å². The van der Waals surface area contributed by atoms with E-state index >= 15 is 0 Å². The van der Waals surface area contributed by atoms with Crippen molar-refractivity contribution in [1.29, 1.82) is 0 Å². The highest BCUT2D eigenvalue weighted by Gasteiger charge is 2.20. The van der Waals surface area contributed by atoms with Crippen LogP contribution in [0.4, 0.5) is 17.1 Å². The molecule has 122 valence electrons. The number of benzene rings is 2. The molecule has 2 aromatic carbocycles. The third kappa shape index (κ3) is 4.26. The summed E-state index contributed by atoms with van der Waals surface area (Å²) >= 11 is 0. The normalized spacial score (nSPS) is 15.3. The van der Waals surface area contributed by atoms with Gasteiger partial charge in [-0.05, 0) is 49.2 Å². The molecule has 3 heteroatoms. The summed E-state index contributed by atoms with van der Waals surface area (Å²) in [5, 5.41) is 12.8. The number of para-hydroxylation sites is 1. The van der Waals surface area contributed by atoms with Crippen molar-refractivity contribution in [2.45, 2.75) is 38.1 Å². The van der Waals surface area contributed by atoms with E-state index in [1.54, 1.807) is 0 Å². The Hall–Kier alpha value is -2.00. The SMILES string of the molecule is OCCN(c1ccc(Nc2ccccc2)cc1)C1CCCCC1. The molecular formula is C20H26N2O. The van der Waals surface area contributed by atoms with Gasteiger partial charge >= 0.3 is 0 Å². The predicted octanol–water partition coefficient (Wildman–Crippen LogP) is 4.56. The molecule has 2 aromatic rings. The van der Waals surface area contributed by atoms with Gasteiger partial charge in [-0.2, -0.15) is 0 Å². The number of nitrogens with zero attached hydrogens (tertiary/aromatic N) is 1. The molecule has 1 aliphatic carbocycles. The fourth-order valence-corrected chi connectivity index (χ4v) is 3.45. The van der Waals surface area contributed by atoms with Crippen molar-refractivity contribution in [3.8, 4) is 0 Å². The number of rotatable bonds is 6. The standard InChI is InChI=1S/C20H26N2O/c23-16-15-22(19-9-5-2-6-10-19)20-13-11-18(12-14-20)21-17-7-3-1-4-8-17/h1,3-4,7-8,11-14,19,21,23H,2,5-6,9-10,15-16H2. The van der Waals surface area contributed by atoms with Crippen LogP contribution in [0.5, 0.6) is 0 Å². The lowest BCUT2D eigenvalue weighted by Crippen LogP contribution is -2.38. The molecule has 3 nitrogen and oxygen atoms in total. The molecule has 0 heterocycles. The van der Waals surface area contributed by atoms with Gasteiger partial charge in [-0.25, -0.2) is 0 Å². The minimum Gasteiger partial charge on any atom is -0.395 e. The lowest BCUT2D eigenvalue weighted by atomic mass is 9.93. The van der Waals surface area contributed by atoms with E-state index in [9.17, 15) is 5.11 Å². The number of hydrogen-bond donors (Lipinski definition) is 2. The summed E-state index contributed by atoms with van der Waals surface area (Å²) in [6.45, 7) is 0.927. The second-order valence-electron chi connectivity index (χ2n) is 6.25. The molecule has 0 aliphatic heterocycles. The number of anilines is 3. The zero-order valence-electron chi connectivity index (χ0n) is 13.6. The topological polar surface area (TPSA) is 35.5 Å². The number of nitrogens with one attached hydrogen (secondary N) is 1. The van der Waals surface area contributed by atoms with E-state index in [0.717, 1.165) is 17.9 Å². The van der Waals surface area contributed by atoms with Crippen LogP contribution < -0.4 is 10.2 Å². The van der Waals surface area contributed by atoms with Crippen LogP contribution in [0, 0.1) is 0 Å². The quantitative estimate of drug-likeness (QED) is 0.821. The van der Waals surface area contributed by atoms with E-state index in [1.165, 1.54) is 37.8 Å². The van der Waals surface area contributed by atoms with Crippen molar-refractivity contribution >= 4 is 17.1 Å². The molecule has 0 saturated heterocycles. The molecule has 2 N–H and O–H groups in total. The van der Waals surface area contributed by atoms with Crippen LogP contribution in [0.25, 0.3) is 0 Å². The van der Waals surface area contributed by atoms with Crippen molar-refractivity contribution < 1.29 is 5.11 Å². The minimum atomic E-state index is 0.209. The summed E-state index contributed by atoms with van der Waals surface area (Å²) in [6, 6.07) is 19.3. The van der Waals surface area contributed by atoms with Gasteiger partial charge in [0.1, 0.15) is 0 Å². The van der Waals surface area contributed by atoms with Gasteiger partial charge < -0.3 is 15.3 Å². The summed E-state index contributed by atoms with van der Waals surface area (Å²) in [7, 11) is 0. The van der Waals surface area contributed by atoms with E-state index in [-0.39, 0.29) is 6.61 Å². The Balaban J connectivity index is 1.70. The first-order chi connectivity index (χ1) is 11.4. The Morgan fingerprint density at radius 3 is 2.17 bits per heavy atom. The first-order valence-electron chi connectivity index (χ1n) is 8.66. The Kier molecular flexibility index (Phi) is 5.54. The molecule has 0 unspecified atom stereocenters. The van der Waals surface area contributed by atoms with Gasteiger partial charge in [-0.15, -0.1) is 0 Å². The zero-order valence-corrected chi connectivity index (χ0v) is 13.6. The lowest BCUT2D eigenvalue weighted by Gasteiger charge is -2.36. The van der Waals surface area contributed by atoms with Crippen molar-refractivity contribution in [2.24, 2.45) is 0 Å². The highest BCUT2D eigenvalue weighted by molar-refractivity contribution is 5.63. The van der Waals surface area contributed by atoms with Gasteiger partial charge in [0.15, 0.2) is 0 Å². The van der Waals surface area contributed by atoms with E-state index in [2.05, 4.69) is 46.6 Å². The van der Waals surface area contributed by atoms with Gasteiger partial charge in [0.25, 0.3) is 0 Å². The molecule has 3 rings (SSSR count). The average molecular weight is 310 g/mol. The second kappa shape index (κ2) is 8.02. The highest BCUT2D eigenvalue weighted by Crippen LogP contribution is 2.28. The molecule has 0 amide bonds. The van der Waals surface area contributed by atoms with Gasteiger partial charge in [-0.1, -0.05) is 37.5 Å². The molecule has 23 heavy (non-hydrogen) atoms. The van der Waals surface area contributed by atoms with Gasteiger partial charge in [-0.3, -0.25) is 0 Å². The van der Waals surface area contributed by atoms with Crippen LogP contribution >= 0.6 is 0 Å². The maximum atomic E-state index is 9.42. The van der Waals surface area contributed by atoms with Crippen LogP contribution in [-0.4, -0.2) is 24.3 Å². The second-order valence-corrected chi connectivity index (χ2v) is 6.25. The monoisotopic (exact) mass is 310 g/mol. The Morgan fingerprint density at radius 2 is 1.52 bits per heavy atom. The summed E-state index contributed by atoms with van der Waals surface area (Å²) in [5.41, 5.74) is 3.40. The fraction of sp³-hybridized carbons (Fsp3) is 0.400. The van der Waals surface area contributed by atoms with E-state index in [0.29, 0.717) is 6.04 Å². The van der Waals surface area contributed by atoms with Crippen molar-refractivity contribution in [2.75, 3.05) is 23.4 Å². The highest BCUT2D eigenvalue weighted by atomic mass is 16.3. The summed E-state index contributed by atoms with van der Waals surface area (Å²) in [6.07, 6.45) is 6.44. The average Bonchev–Trinajstić information content (AvgIpc) is 2.62. The Labute approximate surface area is 139 Å². The molecule has 1 saturated carbocycles. The van der Waals surface area contributed by atoms with Gasteiger partial charge in [0.2, 0.25) is 0 Å². The first-order valence-corrected chi connectivity index (χ1v) is 8.66. The molecular weight excluding hydrogens is 284 g/mol. The minimum absolute atomic E-state index is 0.209. The molecule has 1 fully saturated rings. The van der Waals surface area contributed by atoms with Crippen molar-refractivity contribution in [3.05, 3.63) is 54.6 Å². The third-order valence-electron chi connectivity index (χ3n) is 4.62. The summed E-state index contributed by atoms with van der Waals surface area (Å²) < 4.78 is 0. The van der Waals surface area contributed by atoms with Gasteiger partial charge in [0.05, 0.1) is 6.61 Å². The van der Waals surface area contributed by atoms with Crippen LogP contribution in [0.2, 0.25) is 0 Å². The summed E-state index contributed by atoms with van der Waals surface area (Å²) in [4.78, 5) is 2.38. The van der Waals surface area contributed by atoms with Crippen LogP contribution in [-0.2, 0) is 0 Å². The van der Waals surface area contributed by atoms with Crippen LogP contribution in [0.3, 0.4) is 0 Å². The largest absolute Gasteiger partial charge is 0.395 e. The fourth-order valence-electron chi connectivity index (χ4n) is 3.45. The summed E-state index contributed by atoms with van der Waals surface area (Å²) in [5.74, 6) is 0. The van der Waals surface area contributed by atoms with Crippen molar-refractivity contribution in [3.63, 3.8) is 0 Å². The number of hydrogen-bond acceptors (Lipinski definition) is 3. The lowest BCUT2D eigenvalue weighted by molar-refractivity contribution is 0.290. The molecule has 0 bridgehead atoms. The number of aliphatic hydroxyl groups is 1. The molecule has 1 aliphatic rings. The predicted molar refractivity (Wildman–Crippen MR) is 97.5 cm³/mol. The number of aliphatic hydroxyl groups excluding tert-OH is 1. The third-order valence-corrected chi connectivity index (χ3v) is 4.62. The van der Waals surface area contributed by atoms with E-state index in [1.807, 2.05) is 18.2 Å². The molecule has 0 spiro atoms. The molecule has 0 atom stereocenters. The van der Waals surface area contributed by atoms with Crippen LogP contribution in [0.1, 0.15) is 32.1 Å². The van der Waals surface area contributed by atoms with Gasteiger partial charge in [0, 0.05) is 29.6 Å². The Bertz CT molecular complexity index is 576. The smallest absolute Gasteiger partial charge is 0.0606 e. The van der Waals surface area contributed by atoms with Crippen LogP contribution in [0.15, 0.2) is 54.6 Å². The molecule has 0 radical (unpaired) electrons. The van der Waals surface area contributed by atoms with E-state index in [4.69, 9.17) is 0 Å². The zero-order chi connectivity index (χ0) is 15.9.